The van der Waals surface area contributed by atoms with Crippen molar-refractivity contribution < 1.29 is 4.42 Å². The fourth-order valence-electron chi connectivity index (χ4n) is 3.73. The Hall–Kier alpha value is -2.55. The lowest BCUT2D eigenvalue weighted by molar-refractivity contribution is 0.128. The van der Waals surface area contributed by atoms with Gasteiger partial charge in [-0.2, -0.15) is 0 Å². The van der Waals surface area contributed by atoms with E-state index in [0.29, 0.717) is 0 Å². The predicted molar refractivity (Wildman–Crippen MR) is 101 cm³/mol. The molecular weight excluding hydrogens is 324 g/mol. The number of aromatic nitrogens is 1. The van der Waals surface area contributed by atoms with E-state index in [1.54, 1.807) is 12.5 Å². The van der Waals surface area contributed by atoms with Gasteiger partial charge in [-0.15, -0.1) is 0 Å². The summed E-state index contributed by atoms with van der Waals surface area (Å²) in [4.78, 5) is 11.4. The third-order valence-electron chi connectivity index (χ3n) is 4.93. The maximum absolute atomic E-state index is 5.41. The Bertz CT molecular complexity index is 817. The molecule has 0 fully saturated rings. The summed E-state index contributed by atoms with van der Waals surface area (Å²) in [6.45, 7) is 5.54. The van der Waals surface area contributed by atoms with Crippen LogP contribution in [-0.2, 0) is 6.54 Å². The largest absolute Gasteiger partial charge is 0.448 e. The molecule has 134 valence electrons. The number of rotatable bonds is 3. The smallest absolute Gasteiger partial charge is 0.208 e. The summed E-state index contributed by atoms with van der Waals surface area (Å²) < 4.78 is 5.41. The van der Waals surface area contributed by atoms with Crippen LogP contribution in [0, 0.1) is 11.8 Å². The van der Waals surface area contributed by atoms with Crippen molar-refractivity contribution in [2.24, 2.45) is 0 Å². The Kier molecular flexibility index (Phi) is 5.05. The van der Waals surface area contributed by atoms with Gasteiger partial charge >= 0.3 is 0 Å². The lowest BCUT2D eigenvalue weighted by Crippen LogP contribution is -2.47. The molecule has 0 aliphatic carbocycles. The Morgan fingerprint density at radius 1 is 1.15 bits per heavy atom. The highest BCUT2D eigenvalue weighted by Crippen LogP contribution is 2.26. The first-order valence-electron chi connectivity index (χ1n) is 9.07. The summed E-state index contributed by atoms with van der Waals surface area (Å²) in [6.07, 6.45) is 4.45. The van der Waals surface area contributed by atoms with Gasteiger partial charge in [0, 0.05) is 44.4 Å². The summed E-state index contributed by atoms with van der Waals surface area (Å²) in [6, 6.07) is 10.2. The highest BCUT2D eigenvalue weighted by molar-refractivity contribution is 5.34. The highest BCUT2D eigenvalue weighted by Gasteiger charge is 2.27. The van der Waals surface area contributed by atoms with Gasteiger partial charge in [0.25, 0.3) is 0 Å². The average Bonchev–Trinajstić information content (AvgIpc) is 3.15. The van der Waals surface area contributed by atoms with E-state index in [-0.39, 0.29) is 0 Å². The molecule has 0 N–H and O–H groups in total. The van der Waals surface area contributed by atoms with Gasteiger partial charge in [-0.05, 0) is 17.7 Å². The monoisotopic (exact) mass is 348 g/mol. The van der Waals surface area contributed by atoms with E-state index in [1.165, 1.54) is 11.3 Å². The van der Waals surface area contributed by atoms with E-state index in [9.17, 15) is 0 Å². The Balaban J connectivity index is 1.38. The first-order valence-corrected chi connectivity index (χ1v) is 9.07. The fraction of sp³-hybridized carbons (Fsp3) is 0.381. The Morgan fingerprint density at radius 2 is 2.00 bits per heavy atom. The molecule has 0 radical (unpaired) electrons. The third-order valence-corrected chi connectivity index (χ3v) is 4.93. The van der Waals surface area contributed by atoms with Crippen LogP contribution in [0.15, 0.2) is 58.5 Å². The molecule has 2 aliphatic rings. The number of benzene rings is 1. The zero-order valence-electron chi connectivity index (χ0n) is 15.2. The van der Waals surface area contributed by atoms with Gasteiger partial charge in [0.05, 0.1) is 26.0 Å². The van der Waals surface area contributed by atoms with Gasteiger partial charge < -0.3 is 9.32 Å². The second-order valence-electron chi connectivity index (χ2n) is 6.93. The van der Waals surface area contributed by atoms with Crippen molar-refractivity contribution in [3.05, 3.63) is 65.5 Å². The first-order chi connectivity index (χ1) is 12.8. The second kappa shape index (κ2) is 7.77. The van der Waals surface area contributed by atoms with Crippen LogP contribution in [0.5, 0.6) is 0 Å². The SMILES string of the molecule is CN1CN(Cc2ncco2)CC2=C1CCN(CC#Cc1ccccc1)C2. The van der Waals surface area contributed by atoms with E-state index in [4.69, 9.17) is 4.42 Å². The van der Waals surface area contributed by atoms with E-state index in [1.807, 2.05) is 18.2 Å². The van der Waals surface area contributed by atoms with Crippen LogP contribution in [0.25, 0.3) is 0 Å². The summed E-state index contributed by atoms with van der Waals surface area (Å²) >= 11 is 0. The predicted octanol–water partition coefficient (Wildman–Crippen LogP) is 2.39. The van der Waals surface area contributed by atoms with Crippen molar-refractivity contribution in [1.82, 2.24) is 19.7 Å². The maximum Gasteiger partial charge on any atom is 0.208 e. The molecule has 1 aromatic carbocycles. The van der Waals surface area contributed by atoms with Gasteiger partial charge in [0.2, 0.25) is 5.89 Å². The van der Waals surface area contributed by atoms with Crippen molar-refractivity contribution in [2.45, 2.75) is 13.0 Å². The van der Waals surface area contributed by atoms with Crippen molar-refractivity contribution in [3.63, 3.8) is 0 Å². The van der Waals surface area contributed by atoms with Crippen LogP contribution < -0.4 is 0 Å². The summed E-state index contributed by atoms with van der Waals surface area (Å²) in [5.41, 5.74) is 4.08. The van der Waals surface area contributed by atoms with Crippen molar-refractivity contribution in [3.8, 4) is 11.8 Å². The molecule has 4 rings (SSSR count). The summed E-state index contributed by atoms with van der Waals surface area (Å²) in [5.74, 6) is 7.37. The van der Waals surface area contributed by atoms with Crippen molar-refractivity contribution in [2.75, 3.05) is 39.9 Å². The van der Waals surface area contributed by atoms with Crippen LogP contribution in [-0.4, -0.2) is 59.6 Å². The second-order valence-corrected chi connectivity index (χ2v) is 6.93. The lowest BCUT2D eigenvalue weighted by atomic mass is 10.0. The molecule has 0 saturated heterocycles. The molecule has 3 heterocycles. The van der Waals surface area contributed by atoms with Gasteiger partial charge in [0.1, 0.15) is 6.26 Å². The molecule has 0 amide bonds. The normalized spacial score (nSPS) is 18.4. The molecule has 0 unspecified atom stereocenters. The topological polar surface area (TPSA) is 35.8 Å². The quantitative estimate of drug-likeness (QED) is 0.796. The molecule has 0 bridgehead atoms. The first kappa shape index (κ1) is 16.9. The minimum absolute atomic E-state index is 0.752. The molecule has 0 saturated carbocycles. The molecular formula is C21H24N4O. The van der Waals surface area contributed by atoms with Gasteiger partial charge in [-0.25, -0.2) is 4.98 Å². The summed E-state index contributed by atoms with van der Waals surface area (Å²) in [5, 5.41) is 0. The molecule has 1 aromatic heterocycles. The Labute approximate surface area is 154 Å². The van der Waals surface area contributed by atoms with Crippen LogP contribution in [0.4, 0.5) is 0 Å². The fourth-order valence-corrected chi connectivity index (χ4v) is 3.73. The lowest BCUT2D eigenvalue weighted by Gasteiger charge is -2.42. The van der Waals surface area contributed by atoms with E-state index in [0.717, 1.165) is 57.3 Å². The molecule has 0 spiro atoms. The molecule has 26 heavy (non-hydrogen) atoms. The van der Waals surface area contributed by atoms with E-state index < -0.39 is 0 Å². The zero-order chi connectivity index (χ0) is 17.8. The van der Waals surface area contributed by atoms with Gasteiger partial charge in [-0.3, -0.25) is 9.80 Å². The van der Waals surface area contributed by atoms with Gasteiger partial charge in [-0.1, -0.05) is 30.0 Å². The molecule has 5 nitrogen and oxygen atoms in total. The number of hydrogen-bond acceptors (Lipinski definition) is 5. The van der Waals surface area contributed by atoms with E-state index >= 15 is 0 Å². The van der Waals surface area contributed by atoms with Crippen LogP contribution in [0.1, 0.15) is 17.9 Å². The molecule has 2 aliphatic heterocycles. The van der Waals surface area contributed by atoms with Crippen molar-refractivity contribution >= 4 is 0 Å². The number of nitrogens with zero attached hydrogens (tertiary/aromatic N) is 4. The van der Waals surface area contributed by atoms with Crippen molar-refractivity contribution in [1.29, 1.82) is 0 Å². The maximum atomic E-state index is 5.41. The van der Waals surface area contributed by atoms with Crippen LogP contribution in [0.3, 0.4) is 0 Å². The molecule has 5 heteroatoms. The molecule has 0 atom stereocenters. The minimum atomic E-state index is 0.752. The Morgan fingerprint density at radius 3 is 2.81 bits per heavy atom. The number of oxazole rings is 1. The van der Waals surface area contributed by atoms with Crippen LogP contribution >= 0.6 is 0 Å². The number of hydrogen-bond donors (Lipinski definition) is 0. The van der Waals surface area contributed by atoms with Gasteiger partial charge in [0.15, 0.2) is 0 Å². The highest BCUT2D eigenvalue weighted by atomic mass is 16.3. The minimum Gasteiger partial charge on any atom is -0.448 e. The van der Waals surface area contributed by atoms with Crippen LogP contribution in [0.2, 0.25) is 0 Å². The zero-order valence-corrected chi connectivity index (χ0v) is 15.2. The summed E-state index contributed by atoms with van der Waals surface area (Å²) in [7, 11) is 2.18. The third kappa shape index (κ3) is 3.98. The average molecular weight is 348 g/mol. The van der Waals surface area contributed by atoms with E-state index in [2.05, 4.69) is 50.7 Å². The molecule has 2 aromatic rings. The standard InChI is InChI=1S/C21H24N4O/c1-23-17-25(16-21-22-10-13-26-21)15-19-14-24(12-9-20(19)23)11-5-8-18-6-3-2-4-7-18/h2-4,6-7,10,13H,9,11-12,14-17H2,1H3.